The van der Waals surface area contributed by atoms with Gasteiger partial charge in [0, 0.05) is 24.6 Å². The Kier molecular flexibility index (Phi) is 5.34. The van der Waals surface area contributed by atoms with Gasteiger partial charge >= 0.3 is 12.2 Å². The number of nitrogens with one attached hydrogen (secondary N) is 1. The van der Waals surface area contributed by atoms with Gasteiger partial charge in [0.2, 0.25) is 0 Å². The third kappa shape index (κ3) is 4.68. The van der Waals surface area contributed by atoms with Crippen LogP contribution in [0.25, 0.3) is 0 Å². The van der Waals surface area contributed by atoms with Gasteiger partial charge < -0.3 is 10.1 Å². The van der Waals surface area contributed by atoms with Gasteiger partial charge in [-0.25, -0.2) is 9.97 Å². The van der Waals surface area contributed by atoms with E-state index in [4.69, 9.17) is 4.74 Å². The van der Waals surface area contributed by atoms with Crippen LogP contribution < -0.4 is 10.1 Å². The molecule has 0 bridgehead atoms. The molecule has 1 aliphatic rings. The maximum atomic E-state index is 12.5. The summed E-state index contributed by atoms with van der Waals surface area (Å²) in [6.07, 6.45) is 2.49. The molecule has 2 aromatic heterocycles. The molecule has 0 unspecified atom stereocenters. The quantitative estimate of drug-likeness (QED) is 0.900. The number of hydrogen-bond acceptors (Lipinski definition) is 5. The Morgan fingerprint density at radius 1 is 1.08 bits per heavy atom. The first-order chi connectivity index (χ1) is 12.4. The van der Waals surface area contributed by atoms with Gasteiger partial charge in [0.05, 0.1) is 5.56 Å². The van der Waals surface area contributed by atoms with Crippen molar-refractivity contribution in [1.29, 1.82) is 0 Å². The Balaban J connectivity index is 1.49. The molecular formula is C17H17F3N4O2. The number of aromatic nitrogens is 3. The van der Waals surface area contributed by atoms with Crippen LogP contribution in [0.2, 0.25) is 0 Å². The third-order valence-corrected chi connectivity index (χ3v) is 4.14. The van der Waals surface area contributed by atoms with Gasteiger partial charge in [-0.15, -0.1) is 0 Å². The summed E-state index contributed by atoms with van der Waals surface area (Å²) in [7, 11) is 0. The van der Waals surface area contributed by atoms with Crippen LogP contribution >= 0.6 is 0 Å². The Labute approximate surface area is 147 Å². The maximum Gasteiger partial charge on any atom is 0.433 e. The fourth-order valence-corrected chi connectivity index (χ4v) is 2.78. The second-order valence-corrected chi connectivity index (χ2v) is 6.03. The summed E-state index contributed by atoms with van der Waals surface area (Å²) in [6.45, 7) is 0. The van der Waals surface area contributed by atoms with Crippen LogP contribution in [0.15, 0.2) is 36.8 Å². The number of pyridine rings is 1. The van der Waals surface area contributed by atoms with E-state index in [1.807, 2.05) is 0 Å². The lowest BCUT2D eigenvalue weighted by Gasteiger charge is -2.28. The van der Waals surface area contributed by atoms with Gasteiger partial charge in [-0.3, -0.25) is 9.78 Å². The first kappa shape index (κ1) is 18.1. The van der Waals surface area contributed by atoms with E-state index in [9.17, 15) is 18.0 Å². The Morgan fingerprint density at radius 2 is 1.77 bits per heavy atom. The SMILES string of the molecule is O=C(NC1CCC(Oc2ncccn2)CC1)c1ccc(C(F)(F)F)nc1. The van der Waals surface area contributed by atoms with Crippen molar-refractivity contribution < 1.29 is 22.7 Å². The van der Waals surface area contributed by atoms with Gasteiger partial charge in [0.25, 0.3) is 5.91 Å². The molecule has 0 radical (unpaired) electrons. The van der Waals surface area contributed by atoms with Crippen molar-refractivity contribution in [3.05, 3.63) is 48.0 Å². The van der Waals surface area contributed by atoms with Gasteiger partial charge in [0.1, 0.15) is 11.8 Å². The van der Waals surface area contributed by atoms with Crippen molar-refractivity contribution in [3.8, 4) is 6.01 Å². The summed E-state index contributed by atoms with van der Waals surface area (Å²) in [5.41, 5.74) is -0.913. The van der Waals surface area contributed by atoms with Crippen LogP contribution in [0, 0.1) is 0 Å². The molecule has 2 heterocycles. The van der Waals surface area contributed by atoms with Gasteiger partial charge in [-0.2, -0.15) is 13.2 Å². The third-order valence-electron chi connectivity index (χ3n) is 4.14. The van der Waals surface area contributed by atoms with E-state index in [0.29, 0.717) is 18.9 Å². The molecule has 1 saturated carbocycles. The summed E-state index contributed by atoms with van der Waals surface area (Å²) >= 11 is 0. The van der Waals surface area contributed by atoms with Crippen LogP contribution in [0.1, 0.15) is 41.7 Å². The van der Waals surface area contributed by atoms with Crippen molar-refractivity contribution in [1.82, 2.24) is 20.3 Å². The zero-order valence-electron chi connectivity index (χ0n) is 13.7. The Hall–Kier alpha value is -2.71. The normalized spacial score (nSPS) is 20.4. The molecule has 138 valence electrons. The monoisotopic (exact) mass is 366 g/mol. The molecule has 6 nitrogen and oxygen atoms in total. The highest BCUT2D eigenvalue weighted by atomic mass is 19.4. The smallest absolute Gasteiger partial charge is 0.433 e. The predicted molar refractivity (Wildman–Crippen MR) is 85.4 cm³/mol. The first-order valence-corrected chi connectivity index (χ1v) is 8.19. The van der Waals surface area contributed by atoms with Crippen molar-refractivity contribution in [2.24, 2.45) is 0 Å². The Morgan fingerprint density at radius 3 is 2.35 bits per heavy atom. The average Bonchev–Trinajstić information content (AvgIpc) is 2.63. The molecule has 3 rings (SSSR count). The van der Waals surface area contributed by atoms with E-state index >= 15 is 0 Å². The minimum atomic E-state index is -4.52. The second kappa shape index (κ2) is 7.67. The summed E-state index contributed by atoms with van der Waals surface area (Å²) in [5.74, 6) is -0.429. The van der Waals surface area contributed by atoms with E-state index in [2.05, 4.69) is 20.3 Å². The molecule has 0 aliphatic heterocycles. The lowest BCUT2D eigenvalue weighted by molar-refractivity contribution is -0.141. The topological polar surface area (TPSA) is 77.0 Å². The van der Waals surface area contributed by atoms with E-state index in [-0.39, 0.29) is 17.7 Å². The van der Waals surface area contributed by atoms with E-state index in [0.717, 1.165) is 31.2 Å². The lowest BCUT2D eigenvalue weighted by atomic mass is 9.93. The van der Waals surface area contributed by atoms with Crippen molar-refractivity contribution in [2.45, 2.75) is 44.0 Å². The van der Waals surface area contributed by atoms with Crippen molar-refractivity contribution in [2.75, 3.05) is 0 Å². The maximum absolute atomic E-state index is 12.5. The van der Waals surface area contributed by atoms with Crippen LogP contribution in [-0.2, 0) is 6.18 Å². The van der Waals surface area contributed by atoms with E-state index < -0.39 is 17.8 Å². The molecule has 1 fully saturated rings. The summed E-state index contributed by atoms with van der Waals surface area (Å²) < 4.78 is 43.2. The minimum Gasteiger partial charge on any atom is -0.460 e. The van der Waals surface area contributed by atoms with Crippen LogP contribution in [0.4, 0.5) is 13.2 Å². The zero-order valence-corrected chi connectivity index (χ0v) is 13.7. The van der Waals surface area contributed by atoms with Gasteiger partial charge in [-0.1, -0.05) is 0 Å². The summed E-state index contributed by atoms with van der Waals surface area (Å²) in [6, 6.07) is 3.92. The zero-order chi connectivity index (χ0) is 18.6. The number of ether oxygens (including phenoxy) is 1. The van der Waals surface area contributed by atoms with Gasteiger partial charge in [-0.05, 0) is 43.9 Å². The standard InChI is InChI=1S/C17H17F3N4O2/c18-17(19,20)14-7-2-11(10-23-14)15(25)24-12-3-5-13(6-4-12)26-16-21-8-1-9-22-16/h1-2,7-10,12-13H,3-6H2,(H,24,25). The van der Waals surface area contributed by atoms with Crippen LogP contribution in [-0.4, -0.2) is 33.0 Å². The first-order valence-electron chi connectivity index (χ1n) is 8.19. The van der Waals surface area contributed by atoms with E-state index in [1.54, 1.807) is 18.5 Å². The van der Waals surface area contributed by atoms with Crippen molar-refractivity contribution in [3.63, 3.8) is 0 Å². The Bertz CT molecular complexity index is 730. The number of alkyl halides is 3. The number of carbonyl (C=O) groups is 1. The molecule has 0 spiro atoms. The van der Waals surface area contributed by atoms with Crippen molar-refractivity contribution >= 4 is 5.91 Å². The van der Waals surface area contributed by atoms with E-state index in [1.165, 1.54) is 0 Å². The fourth-order valence-electron chi connectivity index (χ4n) is 2.78. The number of rotatable bonds is 4. The molecule has 0 aromatic carbocycles. The highest BCUT2D eigenvalue weighted by molar-refractivity contribution is 5.94. The van der Waals surface area contributed by atoms with Crippen LogP contribution in [0.3, 0.4) is 0 Å². The second-order valence-electron chi connectivity index (χ2n) is 6.03. The number of hydrogen-bond donors (Lipinski definition) is 1. The lowest BCUT2D eigenvalue weighted by Crippen LogP contribution is -2.39. The fraction of sp³-hybridized carbons (Fsp3) is 0.412. The number of nitrogens with zero attached hydrogens (tertiary/aromatic N) is 3. The largest absolute Gasteiger partial charge is 0.460 e. The number of halogens is 3. The summed E-state index contributed by atoms with van der Waals surface area (Å²) in [5, 5.41) is 2.83. The molecule has 9 heteroatoms. The van der Waals surface area contributed by atoms with Crippen LogP contribution in [0.5, 0.6) is 6.01 Å². The molecular weight excluding hydrogens is 349 g/mol. The molecule has 1 N–H and O–H groups in total. The molecule has 0 atom stereocenters. The highest BCUT2D eigenvalue weighted by Gasteiger charge is 2.32. The summed E-state index contributed by atoms with van der Waals surface area (Å²) in [4.78, 5) is 23.5. The molecule has 26 heavy (non-hydrogen) atoms. The number of carbonyl (C=O) groups excluding carboxylic acids is 1. The minimum absolute atomic E-state index is 0.0155. The molecule has 1 amide bonds. The molecule has 2 aromatic rings. The van der Waals surface area contributed by atoms with Gasteiger partial charge in [0.15, 0.2) is 0 Å². The molecule has 0 saturated heterocycles. The number of amides is 1. The predicted octanol–water partition coefficient (Wildman–Crippen LogP) is 3.01. The average molecular weight is 366 g/mol. The highest BCUT2D eigenvalue weighted by Crippen LogP contribution is 2.27. The molecule has 1 aliphatic carbocycles.